The van der Waals surface area contributed by atoms with E-state index >= 15 is 0 Å². The van der Waals surface area contributed by atoms with E-state index in [1.165, 1.54) is 0 Å². The number of hydrogen-bond donors (Lipinski definition) is 2. The standard InChI is InChI=1S/C16H17Cl2NO2/c1-10(19)6-12-7-13(17)8-15(18)16(12)21-9-11-2-4-14(20)5-3-11/h2-5,7-8,10,20H,6,9,19H2,1H3. The lowest BCUT2D eigenvalue weighted by molar-refractivity contribution is 0.302. The summed E-state index contributed by atoms with van der Waals surface area (Å²) in [5, 5.41) is 10.3. The van der Waals surface area contributed by atoms with E-state index in [2.05, 4.69) is 0 Å². The van der Waals surface area contributed by atoms with E-state index in [0.717, 1.165) is 11.1 Å². The van der Waals surface area contributed by atoms with Gasteiger partial charge in [0.1, 0.15) is 18.1 Å². The molecule has 0 radical (unpaired) electrons. The SMILES string of the molecule is CC(N)Cc1cc(Cl)cc(Cl)c1OCc1ccc(O)cc1. The lowest BCUT2D eigenvalue weighted by Gasteiger charge is -2.15. The monoisotopic (exact) mass is 325 g/mol. The van der Waals surface area contributed by atoms with Crippen LogP contribution in [0.1, 0.15) is 18.1 Å². The molecule has 0 aliphatic heterocycles. The van der Waals surface area contributed by atoms with E-state index in [9.17, 15) is 5.11 Å². The highest BCUT2D eigenvalue weighted by atomic mass is 35.5. The molecular formula is C16H17Cl2NO2. The molecular weight excluding hydrogens is 309 g/mol. The predicted octanol–water partition coefficient (Wildman–Crippen LogP) is 4.17. The Kier molecular flexibility index (Phi) is 5.34. The number of aromatic hydroxyl groups is 1. The summed E-state index contributed by atoms with van der Waals surface area (Å²) in [6.45, 7) is 2.27. The van der Waals surface area contributed by atoms with Gasteiger partial charge in [0, 0.05) is 11.1 Å². The van der Waals surface area contributed by atoms with Crippen LogP contribution in [0.25, 0.3) is 0 Å². The number of hydrogen-bond acceptors (Lipinski definition) is 3. The quantitative estimate of drug-likeness (QED) is 0.867. The van der Waals surface area contributed by atoms with Gasteiger partial charge in [-0.05, 0) is 48.7 Å². The van der Waals surface area contributed by atoms with Gasteiger partial charge in [0.15, 0.2) is 0 Å². The van der Waals surface area contributed by atoms with Crippen molar-refractivity contribution in [2.24, 2.45) is 5.73 Å². The van der Waals surface area contributed by atoms with E-state index < -0.39 is 0 Å². The van der Waals surface area contributed by atoms with Crippen molar-refractivity contribution in [2.45, 2.75) is 26.0 Å². The molecule has 0 spiro atoms. The third-order valence-electron chi connectivity index (χ3n) is 2.95. The van der Waals surface area contributed by atoms with Crippen LogP contribution in [0.4, 0.5) is 0 Å². The number of phenols is 1. The van der Waals surface area contributed by atoms with E-state index in [1.807, 2.05) is 13.0 Å². The number of halogens is 2. The Bertz CT molecular complexity index is 612. The van der Waals surface area contributed by atoms with Crippen molar-refractivity contribution in [3.63, 3.8) is 0 Å². The van der Waals surface area contributed by atoms with Gasteiger partial charge in [-0.2, -0.15) is 0 Å². The van der Waals surface area contributed by atoms with Crippen molar-refractivity contribution >= 4 is 23.2 Å². The van der Waals surface area contributed by atoms with Gasteiger partial charge in [0.05, 0.1) is 5.02 Å². The first kappa shape index (κ1) is 16.0. The molecule has 2 aromatic rings. The minimum Gasteiger partial charge on any atom is -0.508 e. The Morgan fingerprint density at radius 2 is 1.86 bits per heavy atom. The van der Waals surface area contributed by atoms with Crippen LogP contribution in [0.3, 0.4) is 0 Å². The number of ether oxygens (including phenoxy) is 1. The highest BCUT2D eigenvalue weighted by Gasteiger charge is 2.12. The number of nitrogens with two attached hydrogens (primary N) is 1. The maximum atomic E-state index is 9.27. The molecule has 0 bridgehead atoms. The highest BCUT2D eigenvalue weighted by molar-refractivity contribution is 6.35. The van der Waals surface area contributed by atoms with Crippen molar-refractivity contribution in [1.29, 1.82) is 0 Å². The molecule has 0 saturated heterocycles. The zero-order valence-corrected chi connectivity index (χ0v) is 13.2. The van der Waals surface area contributed by atoms with E-state index in [0.29, 0.717) is 28.8 Å². The second kappa shape index (κ2) is 7.03. The molecule has 0 aliphatic carbocycles. The van der Waals surface area contributed by atoms with Gasteiger partial charge in [0.2, 0.25) is 0 Å². The molecule has 1 atom stereocenters. The molecule has 0 heterocycles. The molecule has 0 fully saturated rings. The molecule has 1 unspecified atom stereocenters. The third kappa shape index (κ3) is 4.53. The van der Waals surface area contributed by atoms with Crippen LogP contribution in [0.5, 0.6) is 11.5 Å². The van der Waals surface area contributed by atoms with Crippen LogP contribution >= 0.6 is 23.2 Å². The molecule has 0 saturated carbocycles. The zero-order chi connectivity index (χ0) is 15.4. The van der Waals surface area contributed by atoms with Crippen molar-refractivity contribution in [3.8, 4) is 11.5 Å². The summed E-state index contributed by atoms with van der Waals surface area (Å²) in [6, 6.07) is 10.3. The maximum Gasteiger partial charge on any atom is 0.141 e. The Morgan fingerprint density at radius 1 is 1.19 bits per heavy atom. The zero-order valence-electron chi connectivity index (χ0n) is 11.6. The van der Waals surface area contributed by atoms with Crippen LogP contribution < -0.4 is 10.5 Å². The minimum atomic E-state index is -0.0180. The summed E-state index contributed by atoms with van der Waals surface area (Å²) in [4.78, 5) is 0. The summed E-state index contributed by atoms with van der Waals surface area (Å²) >= 11 is 12.3. The number of rotatable bonds is 5. The fraction of sp³-hybridized carbons (Fsp3) is 0.250. The lowest BCUT2D eigenvalue weighted by atomic mass is 10.1. The van der Waals surface area contributed by atoms with Gasteiger partial charge in [0.25, 0.3) is 0 Å². The predicted molar refractivity (Wildman–Crippen MR) is 86.3 cm³/mol. The Labute approximate surface area is 134 Å². The van der Waals surface area contributed by atoms with Crippen molar-refractivity contribution < 1.29 is 9.84 Å². The molecule has 0 amide bonds. The van der Waals surface area contributed by atoms with Gasteiger partial charge in [-0.3, -0.25) is 0 Å². The molecule has 0 aromatic heterocycles. The average molecular weight is 326 g/mol. The molecule has 5 heteroatoms. The van der Waals surface area contributed by atoms with E-state index in [-0.39, 0.29) is 11.8 Å². The molecule has 2 rings (SSSR count). The topological polar surface area (TPSA) is 55.5 Å². The summed E-state index contributed by atoms with van der Waals surface area (Å²) in [7, 11) is 0. The Hall–Kier alpha value is -1.42. The van der Waals surface area contributed by atoms with Gasteiger partial charge in [-0.1, -0.05) is 35.3 Å². The van der Waals surface area contributed by atoms with E-state index in [4.69, 9.17) is 33.7 Å². The van der Waals surface area contributed by atoms with Crippen molar-refractivity contribution in [3.05, 3.63) is 57.6 Å². The number of phenolic OH excluding ortho intramolecular Hbond substituents is 1. The van der Waals surface area contributed by atoms with Crippen LogP contribution in [-0.4, -0.2) is 11.1 Å². The molecule has 21 heavy (non-hydrogen) atoms. The minimum absolute atomic E-state index is 0.0180. The second-order valence-electron chi connectivity index (χ2n) is 5.01. The van der Waals surface area contributed by atoms with Gasteiger partial charge >= 0.3 is 0 Å². The number of benzene rings is 2. The van der Waals surface area contributed by atoms with Crippen LogP contribution in [0, 0.1) is 0 Å². The third-order valence-corrected chi connectivity index (χ3v) is 3.45. The second-order valence-corrected chi connectivity index (χ2v) is 5.86. The summed E-state index contributed by atoms with van der Waals surface area (Å²) < 4.78 is 5.82. The Balaban J connectivity index is 2.19. The molecule has 2 aromatic carbocycles. The fourth-order valence-electron chi connectivity index (χ4n) is 2.02. The first-order chi connectivity index (χ1) is 9.95. The summed E-state index contributed by atoms with van der Waals surface area (Å²) in [5.74, 6) is 0.826. The smallest absolute Gasteiger partial charge is 0.141 e. The molecule has 112 valence electrons. The first-order valence-electron chi connectivity index (χ1n) is 6.60. The van der Waals surface area contributed by atoms with Crippen molar-refractivity contribution in [2.75, 3.05) is 0 Å². The van der Waals surface area contributed by atoms with Gasteiger partial charge in [-0.25, -0.2) is 0 Å². The summed E-state index contributed by atoms with van der Waals surface area (Å²) in [5.41, 5.74) is 7.67. The van der Waals surface area contributed by atoms with Crippen LogP contribution in [-0.2, 0) is 13.0 Å². The fourth-order valence-corrected chi connectivity index (χ4v) is 2.61. The van der Waals surface area contributed by atoms with Gasteiger partial charge in [-0.15, -0.1) is 0 Å². The van der Waals surface area contributed by atoms with Crippen LogP contribution in [0.15, 0.2) is 36.4 Å². The highest BCUT2D eigenvalue weighted by Crippen LogP contribution is 2.33. The Morgan fingerprint density at radius 3 is 2.48 bits per heavy atom. The molecule has 3 N–H and O–H groups in total. The largest absolute Gasteiger partial charge is 0.508 e. The van der Waals surface area contributed by atoms with Gasteiger partial charge < -0.3 is 15.6 Å². The van der Waals surface area contributed by atoms with Crippen molar-refractivity contribution in [1.82, 2.24) is 0 Å². The first-order valence-corrected chi connectivity index (χ1v) is 7.35. The summed E-state index contributed by atoms with van der Waals surface area (Å²) in [6.07, 6.45) is 0.630. The van der Waals surface area contributed by atoms with Crippen LogP contribution in [0.2, 0.25) is 10.0 Å². The normalized spacial score (nSPS) is 12.2. The average Bonchev–Trinajstić information content (AvgIpc) is 2.39. The molecule has 3 nitrogen and oxygen atoms in total. The molecule has 0 aliphatic rings. The maximum absolute atomic E-state index is 9.27. The lowest BCUT2D eigenvalue weighted by Crippen LogP contribution is -2.18. The van der Waals surface area contributed by atoms with E-state index in [1.54, 1.807) is 30.3 Å².